The Morgan fingerprint density at radius 3 is 2.55 bits per heavy atom. The summed E-state index contributed by atoms with van der Waals surface area (Å²) >= 11 is 1.87. The molecule has 0 N–H and O–H groups in total. The van der Waals surface area contributed by atoms with E-state index in [9.17, 15) is 0 Å². The summed E-state index contributed by atoms with van der Waals surface area (Å²) in [5.74, 6) is 1.09. The molecule has 0 fully saturated rings. The van der Waals surface area contributed by atoms with Crippen molar-refractivity contribution in [1.82, 2.24) is 0 Å². The van der Waals surface area contributed by atoms with Crippen molar-refractivity contribution >= 4 is 17.4 Å². The molecular formula is C18H19NS. The molecule has 20 heavy (non-hydrogen) atoms. The number of fused-ring (bicyclic) bond motifs is 1. The van der Waals surface area contributed by atoms with Gasteiger partial charge in [-0.15, -0.1) is 0 Å². The van der Waals surface area contributed by atoms with Crippen LogP contribution in [0.4, 0.5) is 5.69 Å². The second-order valence-corrected chi connectivity index (χ2v) is 5.96. The lowest BCUT2D eigenvalue weighted by molar-refractivity contribution is 0.932. The normalized spacial score (nSPS) is 13.3. The van der Waals surface area contributed by atoms with Crippen LogP contribution in [0.25, 0.3) is 0 Å². The summed E-state index contributed by atoms with van der Waals surface area (Å²) in [5, 5.41) is 0. The highest BCUT2D eigenvalue weighted by molar-refractivity contribution is 7.97. The molecule has 0 aliphatic carbocycles. The Kier molecular flexibility index (Phi) is 4.12. The molecule has 1 nitrogen and oxygen atoms in total. The molecule has 0 amide bonds. The third-order valence-electron chi connectivity index (χ3n) is 3.61. The molecule has 0 radical (unpaired) electrons. The SMILES string of the molecule is CSCc1ccc(CN2C=CCc3ccccc32)cc1. The Morgan fingerprint density at radius 2 is 1.75 bits per heavy atom. The molecule has 0 bridgehead atoms. The highest BCUT2D eigenvalue weighted by Gasteiger charge is 2.12. The first-order valence-electron chi connectivity index (χ1n) is 6.95. The predicted molar refractivity (Wildman–Crippen MR) is 89.1 cm³/mol. The van der Waals surface area contributed by atoms with Crippen LogP contribution in [-0.2, 0) is 18.7 Å². The van der Waals surface area contributed by atoms with E-state index >= 15 is 0 Å². The van der Waals surface area contributed by atoms with Gasteiger partial charge in [-0.25, -0.2) is 0 Å². The summed E-state index contributed by atoms with van der Waals surface area (Å²) in [6, 6.07) is 17.6. The summed E-state index contributed by atoms with van der Waals surface area (Å²) in [5.41, 5.74) is 5.50. The minimum Gasteiger partial charge on any atom is -0.344 e. The molecule has 2 heteroatoms. The summed E-state index contributed by atoms with van der Waals surface area (Å²) in [4.78, 5) is 2.34. The Balaban J connectivity index is 1.77. The molecule has 2 aromatic carbocycles. The molecule has 0 spiro atoms. The molecule has 1 aliphatic rings. The van der Waals surface area contributed by atoms with Gasteiger partial charge in [0.15, 0.2) is 0 Å². The van der Waals surface area contributed by atoms with Gasteiger partial charge in [-0.3, -0.25) is 0 Å². The fourth-order valence-corrected chi connectivity index (χ4v) is 3.12. The molecule has 0 aromatic heterocycles. The van der Waals surface area contributed by atoms with Crippen LogP contribution < -0.4 is 4.90 Å². The molecule has 1 heterocycles. The van der Waals surface area contributed by atoms with E-state index in [4.69, 9.17) is 0 Å². The average molecular weight is 281 g/mol. The van der Waals surface area contributed by atoms with Crippen LogP contribution in [0.5, 0.6) is 0 Å². The molecule has 3 rings (SSSR count). The van der Waals surface area contributed by atoms with Crippen LogP contribution in [0.2, 0.25) is 0 Å². The maximum Gasteiger partial charge on any atom is 0.0475 e. The van der Waals surface area contributed by atoms with Gasteiger partial charge in [0.25, 0.3) is 0 Å². The fraction of sp³-hybridized carbons (Fsp3) is 0.222. The Bertz CT molecular complexity index is 601. The predicted octanol–water partition coefficient (Wildman–Crippen LogP) is 4.63. The number of hydrogen-bond donors (Lipinski definition) is 0. The first-order chi connectivity index (χ1) is 9.86. The smallest absolute Gasteiger partial charge is 0.0475 e. The first-order valence-corrected chi connectivity index (χ1v) is 8.34. The number of nitrogens with zero attached hydrogens (tertiary/aromatic N) is 1. The summed E-state index contributed by atoms with van der Waals surface area (Å²) < 4.78 is 0. The third-order valence-corrected chi connectivity index (χ3v) is 4.23. The number of rotatable bonds is 4. The minimum atomic E-state index is 0.938. The van der Waals surface area contributed by atoms with Crippen molar-refractivity contribution in [1.29, 1.82) is 0 Å². The first kappa shape index (κ1) is 13.3. The lowest BCUT2D eigenvalue weighted by Crippen LogP contribution is -2.19. The van der Waals surface area contributed by atoms with Crippen LogP contribution >= 0.6 is 11.8 Å². The molecule has 0 saturated carbocycles. The van der Waals surface area contributed by atoms with Crippen molar-refractivity contribution in [2.75, 3.05) is 11.2 Å². The number of allylic oxidation sites excluding steroid dienone is 1. The van der Waals surface area contributed by atoms with Crippen LogP contribution in [0.15, 0.2) is 60.8 Å². The van der Waals surface area contributed by atoms with Gasteiger partial charge in [0.1, 0.15) is 0 Å². The van der Waals surface area contributed by atoms with Crippen LogP contribution in [0.1, 0.15) is 16.7 Å². The average Bonchev–Trinajstić information content (AvgIpc) is 2.50. The zero-order chi connectivity index (χ0) is 13.8. The Morgan fingerprint density at radius 1 is 1.00 bits per heavy atom. The molecule has 2 aromatic rings. The quantitative estimate of drug-likeness (QED) is 0.804. The third kappa shape index (κ3) is 2.91. The molecular weight excluding hydrogens is 262 g/mol. The van der Waals surface area contributed by atoms with Crippen molar-refractivity contribution in [3.8, 4) is 0 Å². The van der Waals surface area contributed by atoms with Crippen molar-refractivity contribution in [2.24, 2.45) is 0 Å². The molecule has 102 valence electrons. The standard InChI is InChI=1S/C18H19NS/c1-20-14-16-10-8-15(9-11-16)13-19-12-4-6-17-5-2-3-7-18(17)19/h2-5,7-12H,6,13-14H2,1H3. The monoisotopic (exact) mass is 281 g/mol. The van der Waals surface area contributed by atoms with E-state index in [-0.39, 0.29) is 0 Å². The van der Waals surface area contributed by atoms with Crippen molar-refractivity contribution in [2.45, 2.75) is 18.7 Å². The molecule has 0 saturated heterocycles. The molecule has 1 aliphatic heterocycles. The van der Waals surface area contributed by atoms with Gasteiger partial charge in [0, 0.05) is 24.2 Å². The number of para-hydroxylation sites is 1. The van der Waals surface area contributed by atoms with E-state index in [2.05, 4.69) is 72.0 Å². The lowest BCUT2D eigenvalue weighted by atomic mass is 10.0. The summed E-state index contributed by atoms with van der Waals surface area (Å²) in [7, 11) is 0. The van der Waals surface area contributed by atoms with Gasteiger partial charge in [0.05, 0.1) is 0 Å². The number of hydrogen-bond acceptors (Lipinski definition) is 2. The Hall–Kier alpha value is -1.67. The van der Waals surface area contributed by atoms with E-state index in [1.54, 1.807) is 0 Å². The second kappa shape index (κ2) is 6.19. The largest absolute Gasteiger partial charge is 0.344 e. The van der Waals surface area contributed by atoms with E-state index < -0.39 is 0 Å². The fourth-order valence-electron chi connectivity index (χ4n) is 2.59. The van der Waals surface area contributed by atoms with Gasteiger partial charge < -0.3 is 4.90 Å². The minimum absolute atomic E-state index is 0.938. The van der Waals surface area contributed by atoms with Gasteiger partial charge >= 0.3 is 0 Å². The maximum absolute atomic E-state index is 2.34. The van der Waals surface area contributed by atoms with E-state index in [0.29, 0.717) is 0 Å². The molecule has 0 unspecified atom stereocenters. The second-order valence-electron chi connectivity index (χ2n) is 5.10. The van der Waals surface area contributed by atoms with Crippen LogP contribution in [0, 0.1) is 0 Å². The number of thioether (sulfide) groups is 1. The molecule has 0 atom stereocenters. The highest BCUT2D eigenvalue weighted by atomic mass is 32.2. The zero-order valence-electron chi connectivity index (χ0n) is 11.8. The topological polar surface area (TPSA) is 3.24 Å². The van der Waals surface area contributed by atoms with Crippen LogP contribution in [-0.4, -0.2) is 6.26 Å². The summed E-state index contributed by atoms with van der Waals surface area (Å²) in [6.45, 7) is 0.938. The van der Waals surface area contributed by atoms with Crippen molar-refractivity contribution in [3.63, 3.8) is 0 Å². The lowest BCUT2D eigenvalue weighted by Gasteiger charge is -2.26. The van der Waals surface area contributed by atoms with Crippen molar-refractivity contribution < 1.29 is 0 Å². The summed E-state index contributed by atoms with van der Waals surface area (Å²) in [6.07, 6.45) is 7.63. The van der Waals surface area contributed by atoms with E-state index in [1.165, 1.54) is 22.4 Å². The van der Waals surface area contributed by atoms with Crippen LogP contribution in [0.3, 0.4) is 0 Å². The highest BCUT2D eigenvalue weighted by Crippen LogP contribution is 2.27. The number of benzene rings is 2. The van der Waals surface area contributed by atoms with Gasteiger partial charge in [0.2, 0.25) is 0 Å². The number of anilines is 1. The zero-order valence-corrected chi connectivity index (χ0v) is 12.6. The van der Waals surface area contributed by atoms with Gasteiger partial charge in [-0.1, -0.05) is 48.5 Å². The van der Waals surface area contributed by atoms with E-state index in [0.717, 1.165) is 18.7 Å². The van der Waals surface area contributed by atoms with E-state index in [1.807, 2.05) is 11.8 Å². The Labute approximate surface area is 125 Å². The van der Waals surface area contributed by atoms with Crippen molar-refractivity contribution in [3.05, 3.63) is 77.5 Å². The maximum atomic E-state index is 2.34. The van der Waals surface area contributed by atoms with Gasteiger partial charge in [-0.05, 0) is 35.4 Å². The van der Waals surface area contributed by atoms with Gasteiger partial charge in [-0.2, -0.15) is 11.8 Å².